The Kier molecular flexibility index (Phi) is 4.97. The Morgan fingerprint density at radius 3 is 2.68 bits per heavy atom. The Morgan fingerprint density at radius 1 is 1.44 bits per heavy atom. The van der Waals surface area contributed by atoms with Crippen LogP contribution in [0.3, 0.4) is 0 Å². The van der Waals surface area contributed by atoms with E-state index in [0.717, 1.165) is 5.52 Å². The normalized spacial score (nSPS) is 12.4. The van der Waals surface area contributed by atoms with Gasteiger partial charge in [-0.1, -0.05) is 6.07 Å². The number of amides is 1. The number of ether oxygens (including phenoxy) is 1. The lowest BCUT2D eigenvalue weighted by atomic mass is 10.1. The fraction of sp³-hybridized carbons (Fsp3) is 0.412. The molecule has 0 bridgehead atoms. The highest BCUT2D eigenvalue weighted by Crippen LogP contribution is 2.18. The molecule has 0 aliphatic carbocycles. The van der Waals surface area contributed by atoms with Gasteiger partial charge < -0.3 is 19.7 Å². The number of aryl methyl sites for hydroxylation is 1. The van der Waals surface area contributed by atoms with Gasteiger partial charge in [0.2, 0.25) is 5.82 Å². The summed E-state index contributed by atoms with van der Waals surface area (Å²) in [5, 5.41) is 20.7. The smallest absolute Gasteiger partial charge is 0.408 e. The van der Waals surface area contributed by atoms with Gasteiger partial charge in [-0.3, -0.25) is 0 Å². The Balaban J connectivity index is 2.19. The van der Waals surface area contributed by atoms with Crippen LogP contribution in [0.4, 0.5) is 4.79 Å². The predicted octanol–water partition coefficient (Wildman–Crippen LogP) is 1.97. The number of fused-ring (bicyclic) bond motifs is 1. The Hall–Kier alpha value is -3.08. The van der Waals surface area contributed by atoms with E-state index in [1.165, 1.54) is 0 Å². The molecule has 0 saturated carbocycles. The lowest BCUT2D eigenvalue weighted by molar-refractivity contribution is -0.139. The number of carboxylic acid groups (broad SMARTS) is 1. The summed E-state index contributed by atoms with van der Waals surface area (Å²) in [6.07, 6.45) is -0.714. The second-order valence-electron chi connectivity index (χ2n) is 6.67. The molecule has 1 aromatic heterocycles. The van der Waals surface area contributed by atoms with Crippen molar-refractivity contribution >= 4 is 23.1 Å². The van der Waals surface area contributed by atoms with E-state index in [9.17, 15) is 14.7 Å². The van der Waals surface area contributed by atoms with E-state index in [-0.39, 0.29) is 12.2 Å². The maximum Gasteiger partial charge on any atom is 0.408 e. The number of aromatic nitrogens is 2. The van der Waals surface area contributed by atoms with Gasteiger partial charge in [0.25, 0.3) is 0 Å². The second kappa shape index (κ2) is 6.81. The first kappa shape index (κ1) is 18.3. The minimum atomic E-state index is -1.16. The number of carbonyl (C=O) groups is 2. The average molecular weight is 344 g/mol. The fourth-order valence-electron chi connectivity index (χ4n) is 2.36. The third-order valence-corrected chi connectivity index (χ3v) is 3.47. The second-order valence-corrected chi connectivity index (χ2v) is 6.67. The summed E-state index contributed by atoms with van der Waals surface area (Å²) < 4.78 is 6.75. The van der Waals surface area contributed by atoms with Gasteiger partial charge in [0.15, 0.2) is 0 Å². The number of carbonyl (C=O) groups excluding carboxylic acids is 1. The van der Waals surface area contributed by atoms with E-state index < -0.39 is 23.7 Å². The van der Waals surface area contributed by atoms with Crippen LogP contribution in [0.2, 0.25) is 0 Å². The molecular weight excluding hydrogens is 324 g/mol. The van der Waals surface area contributed by atoms with Gasteiger partial charge in [0.05, 0.1) is 11.0 Å². The fourth-order valence-corrected chi connectivity index (χ4v) is 2.36. The predicted molar refractivity (Wildman–Crippen MR) is 89.9 cm³/mol. The number of nitriles is 1. The van der Waals surface area contributed by atoms with Crippen LogP contribution in [-0.2, 0) is 23.0 Å². The lowest BCUT2D eigenvalue weighted by Gasteiger charge is -2.22. The van der Waals surface area contributed by atoms with Crippen molar-refractivity contribution in [3.63, 3.8) is 0 Å². The van der Waals surface area contributed by atoms with Gasteiger partial charge in [-0.15, -0.1) is 0 Å². The molecule has 0 saturated heterocycles. The van der Waals surface area contributed by atoms with Gasteiger partial charge in [0, 0.05) is 13.5 Å². The zero-order valence-electron chi connectivity index (χ0n) is 14.5. The van der Waals surface area contributed by atoms with E-state index in [1.807, 2.05) is 6.07 Å². The Morgan fingerprint density at radius 2 is 2.12 bits per heavy atom. The largest absolute Gasteiger partial charge is 0.480 e. The standard InChI is InChI=1S/C17H20N4O4/c1-17(2,3)25-16(24)20-12(15(22)23)8-10-5-6-13-11(7-10)19-14(9-18)21(13)4/h5-7,12H,8H2,1-4H3,(H,20,24)(H,22,23). The van der Waals surface area contributed by atoms with Crippen LogP contribution in [-0.4, -0.2) is 38.4 Å². The van der Waals surface area contributed by atoms with Crippen LogP contribution in [0.5, 0.6) is 0 Å². The summed E-state index contributed by atoms with van der Waals surface area (Å²) in [6, 6.07) is 6.09. The highest BCUT2D eigenvalue weighted by atomic mass is 16.6. The topological polar surface area (TPSA) is 117 Å². The number of rotatable bonds is 4. The third kappa shape index (κ3) is 4.47. The molecule has 2 aromatic rings. The third-order valence-electron chi connectivity index (χ3n) is 3.47. The van der Waals surface area contributed by atoms with E-state index in [4.69, 9.17) is 10.00 Å². The number of aliphatic carboxylic acids is 1. The molecule has 8 nitrogen and oxygen atoms in total. The number of nitrogens with one attached hydrogen (secondary N) is 1. The van der Waals surface area contributed by atoms with Crippen LogP contribution in [0.15, 0.2) is 18.2 Å². The molecule has 1 unspecified atom stereocenters. The van der Waals surface area contributed by atoms with Crippen LogP contribution < -0.4 is 5.32 Å². The summed E-state index contributed by atoms with van der Waals surface area (Å²) in [7, 11) is 1.73. The minimum absolute atomic E-state index is 0.0724. The van der Waals surface area contributed by atoms with Gasteiger partial charge in [-0.05, 0) is 38.5 Å². The van der Waals surface area contributed by atoms with Crippen molar-refractivity contribution in [1.29, 1.82) is 5.26 Å². The average Bonchev–Trinajstić information content (AvgIpc) is 2.80. The Bertz CT molecular complexity index is 858. The molecule has 1 heterocycles. The van der Waals surface area contributed by atoms with Crippen molar-refractivity contribution in [2.75, 3.05) is 0 Å². The highest BCUT2D eigenvalue weighted by Gasteiger charge is 2.24. The first-order chi connectivity index (χ1) is 11.6. The number of carboxylic acids is 1. The number of hydrogen-bond donors (Lipinski definition) is 2. The molecule has 0 aliphatic heterocycles. The van der Waals surface area contributed by atoms with Crippen molar-refractivity contribution in [2.45, 2.75) is 38.8 Å². The molecule has 8 heteroatoms. The molecule has 2 rings (SSSR count). The first-order valence-corrected chi connectivity index (χ1v) is 7.68. The summed E-state index contributed by atoms with van der Waals surface area (Å²) in [4.78, 5) is 27.4. The summed E-state index contributed by atoms with van der Waals surface area (Å²) in [6.45, 7) is 5.10. The molecule has 0 spiro atoms. The molecule has 0 radical (unpaired) electrons. The van der Waals surface area contributed by atoms with Crippen LogP contribution in [0, 0.1) is 11.3 Å². The van der Waals surface area contributed by atoms with Gasteiger partial charge in [-0.25, -0.2) is 14.6 Å². The van der Waals surface area contributed by atoms with Gasteiger partial charge in [-0.2, -0.15) is 5.26 Å². The SMILES string of the molecule is Cn1c(C#N)nc2cc(CC(NC(=O)OC(C)(C)C)C(=O)O)ccc21. The highest BCUT2D eigenvalue weighted by molar-refractivity contribution is 5.81. The number of nitrogens with zero attached hydrogens (tertiary/aromatic N) is 3. The van der Waals surface area contributed by atoms with Crippen molar-refractivity contribution in [2.24, 2.45) is 7.05 Å². The number of benzene rings is 1. The lowest BCUT2D eigenvalue weighted by Crippen LogP contribution is -2.44. The monoisotopic (exact) mass is 344 g/mol. The van der Waals surface area contributed by atoms with Crippen LogP contribution in [0.1, 0.15) is 32.2 Å². The maximum absolute atomic E-state index is 11.8. The van der Waals surface area contributed by atoms with Crippen molar-refractivity contribution in [3.8, 4) is 6.07 Å². The zero-order valence-corrected chi connectivity index (χ0v) is 14.5. The molecule has 1 amide bonds. The molecule has 132 valence electrons. The molecule has 0 fully saturated rings. The van der Waals surface area contributed by atoms with Crippen molar-refractivity contribution in [3.05, 3.63) is 29.6 Å². The van der Waals surface area contributed by atoms with E-state index in [0.29, 0.717) is 11.1 Å². The van der Waals surface area contributed by atoms with Crippen LogP contribution >= 0.6 is 0 Å². The number of alkyl carbamates (subject to hydrolysis) is 1. The summed E-state index contributed by atoms with van der Waals surface area (Å²) >= 11 is 0. The van der Waals surface area contributed by atoms with Gasteiger partial charge in [0.1, 0.15) is 17.7 Å². The molecule has 1 aromatic carbocycles. The van der Waals surface area contributed by atoms with E-state index >= 15 is 0 Å². The maximum atomic E-state index is 11.8. The van der Waals surface area contributed by atoms with E-state index in [1.54, 1.807) is 50.6 Å². The quantitative estimate of drug-likeness (QED) is 0.875. The van der Waals surface area contributed by atoms with Gasteiger partial charge >= 0.3 is 12.1 Å². The molecule has 2 N–H and O–H groups in total. The minimum Gasteiger partial charge on any atom is -0.480 e. The van der Waals surface area contributed by atoms with Crippen LogP contribution in [0.25, 0.3) is 11.0 Å². The summed E-state index contributed by atoms with van der Waals surface area (Å²) in [5.74, 6) is -0.890. The van der Waals surface area contributed by atoms with Crippen molar-refractivity contribution < 1.29 is 19.4 Å². The molecule has 25 heavy (non-hydrogen) atoms. The zero-order chi connectivity index (χ0) is 18.8. The molecule has 0 aliphatic rings. The molecule has 1 atom stereocenters. The van der Waals surface area contributed by atoms with E-state index in [2.05, 4.69) is 10.3 Å². The number of imidazole rings is 1. The summed E-state index contributed by atoms with van der Waals surface area (Å²) in [5.41, 5.74) is 1.33. The molecular formula is C17H20N4O4. The van der Waals surface area contributed by atoms with Crippen molar-refractivity contribution in [1.82, 2.24) is 14.9 Å². The Labute approximate surface area is 145 Å². The first-order valence-electron chi connectivity index (χ1n) is 7.68. The number of hydrogen-bond acceptors (Lipinski definition) is 5.